The largest absolute Gasteiger partial charge is 0.489 e. The molecule has 2 aromatic heterocycles. The quantitative estimate of drug-likeness (QED) is 0.482. The number of anilines is 1. The molecule has 0 radical (unpaired) electrons. The lowest BCUT2D eigenvalue weighted by molar-refractivity contribution is -0.146. The lowest BCUT2D eigenvalue weighted by Gasteiger charge is -2.35. The van der Waals surface area contributed by atoms with Crippen LogP contribution in [0.3, 0.4) is 0 Å². The average molecular weight is 532 g/mol. The van der Waals surface area contributed by atoms with Gasteiger partial charge in [-0.25, -0.2) is 0 Å². The van der Waals surface area contributed by atoms with Crippen LogP contribution >= 0.6 is 0 Å². The minimum absolute atomic E-state index is 0.0290. The van der Waals surface area contributed by atoms with E-state index in [4.69, 9.17) is 4.74 Å². The molecule has 1 amide bonds. The Bertz CT molecular complexity index is 1250. The van der Waals surface area contributed by atoms with E-state index in [9.17, 15) is 18.0 Å². The molecule has 2 saturated heterocycles. The molecule has 1 atom stereocenters. The Morgan fingerprint density at radius 2 is 1.68 bits per heavy atom. The van der Waals surface area contributed by atoms with Crippen molar-refractivity contribution in [1.29, 1.82) is 0 Å². The minimum Gasteiger partial charge on any atom is -0.489 e. The minimum atomic E-state index is -4.61. The molecular formula is C26H32F3N7O2. The van der Waals surface area contributed by atoms with Crippen LogP contribution in [0.1, 0.15) is 44.0 Å². The highest BCUT2D eigenvalue weighted by Gasteiger charge is 2.38. The molecule has 4 heterocycles. The first-order valence-corrected chi connectivity index (χ1v) is 13.0. The molecule has 204 valence electrons. The SMILES string of the molecule is CC(=O)N1CCN(C[C@@H](C)Oc2ccc(C3CCN(c4ccc5nnc(C(F)(F)F)n5n4)CC3)cc2)CC1. The van der Waals surface area contributed by atoms with Crippen LogP contribution in [0.2, 0.25) is 0 Å². The number of nitrogens with zero attached hydrogens (tertiary/aromatic N) is 7. The van der Waals surface area contributed by atoms with E-state index < -0.39 is 12.0 Å². The van der Waals surface area contributed by atoms with Gasteiger partial charge in [0.05, 0.1) is 0 Å². The van der Waals surface area contributed by atoms with Crippen LogP contribution in [0.5, 0.6) is 5.75 Å². The Labute approximate surface area is 219 Å². The topological polar surface area (TPSA) is 79.1 Å². The number of amides is 1. The van der Waals surface area contributed by atoms with Crippen LogP contribution < -0.4 is 9.64 Å². The summed E-state index contributed by atoms with van der Waals surface area (Å²) in [6.07, 6.45) is -2.84. The van der Waals surface area contributed by atoms with E-state index in [1.54, 1.807) is 13.0 Å². The van der Waals surface area contributed by atoms with Gasteiger partial charge in [-0.3, -0.25) is 9.69 Å². The van der Waals surface area contributed by atoms with E-state index in [-0.39, 0.29) is 17.7 Å². The van der Waals surface area contributed by atoms with Crippen molar-refractivity contribution < 1.29 is 22.7 Å². The first kappa shape index (κ1) is 26.2. The maximum Gasteiger partial charge on any atom is 0.453 e. The van der Waals surface area contributed by atoms with Crippen LogP contribution in [-0.4, -0.2) is 87.4 Å². The average Bonchev–Trinajstić information content (AvgIpc) is 3.34. The summed E-state index contributed by atoms with van der Waals surface area (Å²) in [5, 5.41) is 11.0. The molecule has 1 aromatic carbocycles. The molecule has 3 aromatic rings. The van der Waals surface area contributed by atoms with E-state index in [1.165, 1.54) is 11.6 Å². The highest BCUT2D eigenvalue weighted by atomic mass is 19.4. The summed E-state index contributed by atoms with van der Waals surface area (Å²) in [6, 6.07) is 11.4. The molecule has 0 unspecified atom stereocenters. The van der Waals surface area contributed by atoms with Gasteiger partial charge < -0.3 is 14.5 Å². The second kappa shape index (κ2) is 10.8. The fourth-order valence-corrected chi connectivity index (χ4v) is 5.26. The Balaban J connectivity index is 1.13. The monoisotopic (exact) mass is 531 g/mol. The predicted octanol–water partition coefficient (Wildman–Crippen LogP) is 3.46. The van der Waals surface area contributed by atoms with Crippen LogP contribution in [0.4, 0.5) is 19.0 Å². The van der Waals surface area contributed by atoms with Gasteiger partial charge in [-0.2, -0.15) is 17.7 Å². The van der Waals surface area contributed by atoms with Gasteiger partial charge in [0.25, 0.3) is 5.82 Å². The van der Waals surface area contributed by atoms with Crippen LogP contribution in [0.15, 0.2) is 36.4 Å². The first-order chi connectivity index (χ1) is 18.2. The number of fused-ring (bicyclic) bond motifs is 1. The maximum absolute atomic E-state index is 13.2. The van der Waals surface area contributed by atoms with Gasteiger partial charge >= 0.3 is 6.18 Å². The summed E-state index contributed by atoms with van der Waals surface area (Å²) in [5.41, 5.74) is 1.30. The standard InChI is InChI=1S/C26H32F3N7O2/c1-18(17-33-13-15-34(16-14-33)19(2)37)38-22-5-3-20(4-6-22)21-9-11-35(12-10-21)24-8-7-23-30-31-25(26(27,28)29)36(23)32-24/h3-8,18,21H,9-17H2,1-2H3/t18-/m1/s1. The van der Waals surface area contributed by atoms with Crippen molar-refractivity contribution in [2.24, 2.45) is 0 Å². The number of piperazine rings is 1. The Hall–Kier alpha value is -3.41. The van der Waals surface area contributed by atoms with E-state index in [0.717, 1.165) is 55.8 Å². The molecule has 12 heteroatoms. The van der Waals surface area contributed by atoms with Gasteiger partial charge in [0.15, 0.2) is 5.65 Å². The third kappa shape index (κ3) is 5.85. The van der Waals surface area contributed by atoms with Gasteiger partial charge in [0, 0.05) is 52.7 Å². The highest BCUT2D eigenvalue weighted by Crippen LogP contribution is 2.32. The third-order valence-corrected chi connectivity index (χ3v) is 7.34. The summed E-state index contributed by atoms with van der Waals surface area (Å²) in [5.74, 6) is 0.690. The number of hydrogen-bond acceptors (Lipinski definition) is 7. The molecule has 2 aliphatic heterocycles. The Morgan fingerprint density at radius 3 is 2.32 bits per heavy atom. The van der Waals surface area contributed by atoms with Gasteiger partial charge in [-0.1, -0.05) is 12.1 Å². The lowest BCUT2D eigenvalue weighted by Crippen LogP contribution is -2.50. The number of piperidine rings is 1. The van der Waals surface area contributed by atoms with E-state index in [0.29, 0.717) is 24.8 Å². The smallest absolute Gasteiger partial charge is 0.453 e. The third-order valence-electron chi connectivity index (χ3n) is 7.34. The normalized spacial score (nSPS) is 18.7. The first-order valence-electron chi connectivity index (χ1n) is 13.0. The van der Waals surface area contributed by atoms with Crippen LogP contribution in [-0.2, 0) is 11.0 Å². The molecule has 38 heavy (non-hydrogen) atoms. The molecule has 0 aliphatic carbocycles. The summed E-state index contributed by atoms with van der Waals surface area (Å²) in [4.78, 5) is 17.7. The second-order valence-corrected chi connectivity index (χ2v) is 10.0. The molecule has 2 fully saturated rings. The number of carbonyl (C=O) groups is 1. The number of rotatable bonds is 6. The molecule has 0 spiro atoms. The molecule has 0 N–H and O–H groups in total. The van der Waals surface area contributed by atoms with Crippen LogP contribution in [0.25, 0.3) is 5.65 Å². The predicted molar refractivity (Wildman–Crippen MR) is 135 cm³/mol. The molecular weight excluding hydrogens is 499 g/mol. The van der Waals surface area contributed by atoms with Crippen molar-refractivity contribution in [3.05, 3.63) is 47.8 Å². The molecule has 5 rings (SSSR count). The Morgan fingerprint density at radius 1 is 1.00 bits per heavy atom. The summed E-state index contributed by atoms with van der Waals surface area (Å²) in [6.45, 7) is 9.10. The number of benzene rings is 1. The van der Waals surface area contributed by atoms with Gasteiger partial charge in [0.1, 0.15) is 17.7 Å². The van der Waals surface area contributed by atoms with E-state index in [2.05, 4.69) is 39.3 Å². The van der Waals surface area contributed by atoms with Crippen molar-refractivity contribution >= 4 is 17.4 Å². The summed E-state index contributed by atoms with van der Waals surface area (Å²) >= 11 is 0. The molecule has 0 saturated carbocycles. The van der Waals surface area contributed by atoms with Crippen molar-refractivity contribution in [2.45, 2.75) is 44.9 Å². The fraction of sp³-hybridized carbons (Fsp3) is 0.538. The molecule has 0 bridgehead atoms. The number of ether oxygens (including phenoxy) is 1. The van der Waals surface area contributed by atoms with Crippen LogP contribution in [0, 0.1) is 0 Å². The highest BCUT2D eigenvalue weighted by molar-refractivity contribution is 5.73. The van der Waals surface area contributed by atoms with Gasteiger partial charge in [-0.05, 0) is 55.5 Å². The maximum atomic E-state index is 13.2. The van der Waals surface area contributed by atoms with Gasteiger partial charge in [0.2, 0.25) is 5.91 Å². The molecule has 9 nitrogen and oxygen atoms in total. The number of aromatic nitrogens is 4. The zero-order valence-corrected chi connectivity index (χ0v) is 21.6. The van der Waals surface area contributed by atoms with E-state index >= 15 is 0 Å². The van der Waals surface area contributed by atoms with Crippen molar-refractivity contribution in [3.8, 4) is 5.75 Å². The number of halogens is 3. The van der Waals surface area contributed by atoms with Gasteiger partial charge in [-0.15, -0.1) is 15.3 Å². The Kier molecular flexibility index (Phi) is 7.42. The van der Waals surface area contributed by atoms with Crippen molar-refractivity contribution in [3.63, 3.8) is 0 Å². The summed E-state index contributed by atoms with van der Waals surface area (Å²) in [7, 11) is 0. The zero-order chi connectivity index (χ0) is 26.9. The molecule has 2 aliphatic rings. The van der Waals surface area contributed by atoms with Crippen molar-refractivity contribution in [2.75, 3.05) is 50.7 Å². The fourth-order valence-electron chi connectivity index (χ4n) is 5.26. The second-order valence-electron chi connectivity index (χ2n) is 10.0. The zero-order valence-electron chi connectivity index (χ0n) is 21.6. The van der Waals surface area contributed by atoms with E-state index in [1.807, 2.05) is 21.9 Å². The number of hydrogen-bond donors (Lipinski definition) is 0. The lowest BCUT2D eigenvalue weighted by atomic mass is 9.89. The summed E-state index contributed by atoms with van der Waals surface area (Å²) < 4.78 is 46.5. The van der Waals surface area contributed by atoms with Crippen molar-refractivity contribution in [1.82, 2.24) is 29.6 Å². The number of carbonyl (C=O) groups excluding carboxylic acids is 1. The number of alkyl halides is 3.